The summed E-state index contributed by atoms with van der Waals surface area (Å²) in [6.07, 6.45) is -4.68. The molecule has 1 unspecified atom stereocenters. The highest BCUT2D eigenvalue weighted by Gasteiger charge is 2.38. The first kappa shape index (κ1) is 18.8. The maximum atomic E-state index is 12.5. The summed E-state index contributed by atoms with van der Waals surface area (Å²) in [7, 11) is 1.56. The standard InChI is InChI=1S/C16H19F3N4O2/c1-9(2)23(15(24)20-4)10(3)11-5-7-12(8-6-11)13-21-14(25-22-13)16(17,18)19/h5-10H,1-4H3,(H,20,24). The van der Waals surface area contributed by atoms with E-state index in [-0.39, 0.29) is 23.9 Å². The monoisotopic (exact) mass is 356 g/mol. The van der Waals surface area contributed by atoms with E-state index in [1.807, 2.05) is 20.8 Å². The molecule has 9 heteroatoms. The Morgan fingerprint density at radius 1 is 1.20 bits per heavy atom. The summed E-state index contributed by atoms with van der Waals surface area (Å²) < 4.78 is 41.8. The number of aromatic nitrogens is 2. The zero-order chi connectivity index (χ0) is 18.8. The highest BCUT2D eigenvalue weighted by atomic mass is 19.4. The molecule has 2 amide bonds. The van der Waals surface area contributed by atoms with Gasteiger partial charge in [0.1, 0.15) is 0 Å². The van der Waals surface area contributed by atoms with Crippen molar-refractivity contribution in [3.63, 3.8) is 0 Å². The molecular formula is C16H19F3N4O2. The Morgan fingerprint density at radius 2 is 1.80 bits per heavy atom. The quantitative estimate of drug-likeness (QED) is 0.903. The number of hydrogen-bond donors (Lipinski definition) is 1. The van der Waals surface area contributed by atoms with Crippen molar-refractivity contribution < 1.29 is 22.5 Å². The van der Waals surface area contributed by atoms with Crippen LogP contribution in [0.4, 0.5) is 18.0 Å². The second-order valence-electron chi connectivity index (χ2n) is 5.78. The summed E-state index contributed by atoms with van der Waals surface area (Å²) >= 11 is 0. The summed E-state index contributed by atoms with van der Waals surface area (Å²) in [4.78, 5) is 17.1. The molecule has 0 aliphatic heterocycles. The van der Waals surface area contributed by atoms with Crippen LogP contribution in [0, 0.1) is 0 Å². The zero-order valence-electron chi connectivity index (χ0n) is 14.3. The Labute approximate surface area is 143 Å². The third-order valence-electron chi connectivity index (χ3n) is 3.74. The molecule has 0 bridgehead atoms. The topological polar surface area (TPSA) is 71.3 Å². The number of benzene rings is 1. The van der Waals surface area contributed by atoms with E-state index in [1.165, 1.54) is 0 Å². The van der Waals surface area contributed by atoms with Crippen LogP contribution in [0.3, 0.4) is 0 Å². The lowest BCUT2D eigenvalue weighted by molar-refractivity contribution is -0.159. The fraction of sp³-hybridized carbons (Fsp3) is 0.438. The lowest BCUT2D eigenvalue weighted by Gasteiger charge is -2.32. The van der Waals surface area contributed by atoms with Crippen LogP contribution < -0.4 is 5.32 Å². The van der Waals surface area contributed by atoms with E-state index >= 15 is 0 Å². The lowest BCUT2D eigenvalue weighted by Crippen LogP contribution is -2.44. The molecule has 1 heterocycles. The second kappa shape index (κ2) is 7.12. The molecule has 1 aromatic heterocycles. The Kier molecular flexibility index (Phi) is 5.34. The fourth-order valence-corrected chi connectivity index (χ4v) is 2.51. The second-order valence-corrected chi connectivity index (χ2v) is 5.78. The van der Waals surface area contributed by atoms with Crippen LogP contribution in [0.1, 0.15) is 38.3 Å². The van der Waals surface area contributed by atoms with Crippen LogP contribution in [0.15, 0.2) is 28.8 Å². The SMILES string of the molecule is CNC(=O)N(C(C)C)C(C)c1ccc(-c2noc(C(F)(F)F)n2)cc1. The third-order valence-corrected chi connectivity index (χ3v) is 3.74. The van der Waals surface area contributed by atoms with E-state index in [2.05, 4.69) is 20.0 Å². The van der Waals surface area contributed by atoms with Crippen LogP contribution in [0.5, 0.6) is 0 Å². The van der Waals surface area contributed by atoms with Crippen molar-refractivity contribution in [3.8, 4) is 11.4 Å². The molecule has 6 nitrogen and oxygen atoms in total. The molecule has 0 radical (unpaired) electrons. The molecule has 136 valence electrons. The van der Waals surface area contributed by atoms with E-state index in [9.17, 15) is 18.0 Å². The maximum Gasteiger partial charge on any atom is 0.471 e. The molecule has 25 heavy (non-hydrogen) atoms. The normalized spacial score (nSPS) is 13.0. The molecule has 2 rings (SSSR count). The van der Waals surface area contributed by atoms with Gasteiger partial charge < -0.3 is 14.7 Å². The van der Waals surface area contributed by atoms with Gasteiger partial charge in [0.25, 0.3) is 0 Å². The van der Waals surface area contributed by atoms with Gasteiger partial charge in [-0.15, -0.1) is 0 Å². The van der Waals surface area contributed by atoms with E-state index in [4.69, 9.17) is 0 Å². The Bertz CT molecular complexity index is 726. The number of amides is 2. The first-order chi connectivity index (χ1) is 11.6. The molecule has 1 atom stereocenters. The number of urea groups is 1. The van der Waals surface area contributed by atoms with Crippen molar-refractivity contribution >= 4 is 6.03 Å². The van der Waals surface area contributed by atoms with Crippen molar-refractivity contribution in [2.45, 2.75) is 39.0 Å². The number of hydrogen-bond acceptors (Lipinski definition) is 4. The maximum absolute atomic E-state index is 12.5. The van der Waals surface area contributed by atoms with E-state index in [0.717, 1.165) is 5.56 Å². The minimum absolute atomic E-state index is 0.0267. The third kappa shape index (κ3) is 4.09. The minimum atomic E-state index is -4.68. The van der Waals surface area contributed by atoms with Gasteiger partial charge in [0.05, 0.1) is 6.04 Å². The molecule has 0 saturated carbocycles. The summed E-state index contributed by atoms with van der Waals surface area (Å²) in [6.45, 7) is 5.68. The van der Waals surface area contributed by atoms with Crippen molar-refractivity contribution in [1.29, 1.82) is 0 Å². The summed E-state index contributed by atoms with van der Waals surface area (Å²) in [6, 6.07) is 6.19. The highest BCUT2D eigenvalue weighted by Crippen LogP contribution is 2.30. The van der Waals surface area contributed by atoms with Crippen molar-refractivity contribution in [3.05, 3.63) is 35.7 Å². The van der Waals surface area contributed by atoms with Crippen molar-refractivity contribution in [2.75, 3.05) is 7.05 Å². The number of alkyl halides is 3. The number of halogens is 3. The summed E-state index contributed by atoms with van der Waals surface area (Å²) in [5.74, 6) is -1.52. The van der Waals surface area contributed by atoms with Gasteiger partial charge in [0.2, 0.25) is 5.82 Å². The van der Waals surface area contributed by atoms with Crippen molar-refractivity contribution in [2.24, 2.45) is 0 Å². The average Bonchev–Trinajstić information content (AvgIpc) is 3.04. The first-order valence-electron chi connectivity index (χ1n) is 7.66. The van der Waals surface area contributed by atoms with Crippen molar-refractivity contribution in [1.82, 2.24) is 20.4 Å². The van der Waals surface area contributed by atoms with Gasteiger partial charge in [-0.1, -0.05) is 29.4 Å². The average molecular weight is 356 g/mol. The summed E-state index contributed by atoms with van der Waals surface area (Å²) in [5, 5.41) is 5.95. The van der Waals surface area contributed by atoms with Gasteiger partial charge in [0, 0.05) is 18.7 Å². The van der Waals surface area contributed by atoms with Gasteiger partial charge in [-0.25, -0.2) is 4.79 Å². The van der Waals surface area contributed by atoms with Gasteiger partial charge in [-0.2, -0.15) is 18.2 Å². The Hall–Kier alpha value is -2.58. The van der Waals surface area contributed by atoms with E-state index < -0.39 is 12.1 Å². The smallest absolute Gasteiger partial charge is 0.341 e. The van der Waals surface area contributed by atoms with Crippen LogP contribution in [-0.2, 0) is 6.18 Å². The molecule has 1 N–H and O–H groups in total. The predicted molar refractivity (Wildman–Crippen MR) is 84.6 cm³/mol. The van der Waals surface area contributed by atoms with Crippen LogP contribution in [-0.4, -0.2) is 34.2 Å². The lowest BCUT2D eigenvalue weighted by atomic mass is 10.0. The number of carbonyl (C=O) groups is 1. The first-order valence-corrected chi connectivity index (χ1v) is 7.66. The van der Waals surface area contributed by atoms with E-state index in [1.54, 1.807) is 36.2 Å². The highest BCUT2D eigenvalue weighted by molar-refractivity contribution is 5.74. The molecule has 0 spiro atoms. The molecule has 0 aliphatic carbocycles. The summed E-state index contributed by atoms with van der Waals surface area (Å²) in [5.41, 5.74) is 1.23. The van der Waals surface area contributed by atoms with Gasteiger partial charge in [-0.3, -0.25) is 0 Å². The number of nitrogens with zero attached hydrogens (tertiary/aromatic N) is 3. The van der Waals surface area contributed by atoms with Gasteiger partial charge in [-0.05, 0) is 26.3 Å². The van der Waals surface area contributed by atoms with Crippen LogP contribution in [0.2, 0.25) is 0 Å². The minimum Gasteiger partial charge on any atom is -0.341 e. The molecule has 0 saturated heterocycles. The van der Waals surface area contributed by atoms with Crippen LogP contribution in [0.25, 0.3) is 11.4 Å². The van der Waals surface area contributed by atoms with Gasteiger partial charge in [0.15, 0.2) is 0 Å². The molecule has 0 aliphatic rings. The Morgan fingerprint density at radius 3 is 2.24 bits per heavy atom. The number of nitrogens with one attached hydrogen (secondary N) is 1. The molecule has 1 aromatic carbocycles. The Balaban J connectivity index is 2.24. The fourth-order valence-electron chi connectivity index (χ4n) is 2.51. The number of carbonyl (C=O) groups excluding carboxylic acids is 1. The van der Waals surface area contributed by atoms with Crippen LogP contribution >= 0.6 is 0 Å². The molecular weight excluding hydrogens is 337 g/mol. The zero-order valence-corrected chi connectivity index (χ0v) is 14.3. The molecule has 0 fully saturated rings. The van der Waals surface area contributed by atoms with E-state index in [0.29, 0.717) is 5.56 Å². The predicted octanol–water partition coefficient (Wildman–Crippen LogP) is 3.87. The number of rotatable bonds is 4. The van der Waals surface area contributed by atoms with Gasteiger partial charge >= 0.3 is 18.1 Å². The molecule has 2 aromatic rings. The largest absolute Gasteiger partial charge is 0.471 e.